The van der Waals surface area contributed by atoms with Gasteiger partial charge in [0.15, 0.2) is 0 Å². The monoisotopic (exact) mass is 251 g/mol. The first kappa shape index (κ1) is 11.8. The molecular formula is C12H11ClFN3. The van der Waals surface area contributed by atoms with Crippen molar-refractivity contribution in [2.45, 2.75) is 13.8 Å². The molecule has 0 atom stereocenters. The number of aryl methyl sites for hydroxylation is 1. The zero-order valence-corrected chi connectivity index (χ0v) is 10.2. The molecule has 3 nitrogen and oxygen atoms in total. The molecule has 0 bridgehead atoms. The van der Waals surface area contributed by atoms with Crippen molar-refractivity contribution in [2.75, 3.05) is 5.73 Å². The van der Waals surface area contributed by atoms with E-state index in [1.807, 2.05) is 0 Å². The second-order valence-electron chi connectivity index (χ2n) is 3.75. The highest BCUT2D eigenvalue weighted by Gasteiger charge is 2.13. The van der Waals surface area contributed by atoms with E-state index in [2.05, 4.69) is 9.97 Å². The van der Waals surface area contributed by atoms with Crippen molar-refractivity contribution in [3.8, 4) is 11.3 Å². The normalized spacial score (nSPS) is 10.6. The Morgan fingerprint density at radius 2 is 1.94 bits per heavy atom. The van der Waals surface area contributed by atoms with Crippen LogP contribution in [-0.4, -0.2) is 9.97 Å². The van der Waals surface area contributed by atoms with Crippen LogP contribution in [0.5, 0.6) is 0 Å². The van der Waals surface area contributed by atoms with Crippen LogP contribution in [0.15, 0.2) is 18.2 Å². The molecule has 0 aliphatic rings. The quantitative estimate of drug-likeness (QED) is 0.847. The molecule has 2 N–H and O–H groups in total. The van der Waals surface area contributed by atoms with Crippen LogP contribution in [-0.2, 0) is 0 Å². The van der Waals surface area contributed by atoms with Crippen molar-refractivity contribution in [2.24, 2.45) is 0 Å². The first-order valence-electron chi connectivity index (χ1n) is 5.05. The van der Waals surface area contributed by atoms with E-state index < -0.39 is 5.82 Å². The van der Waals surface area contributed by atoms with E-state index in [0.29, 0.717) is 33.5 Å². The number of hydrogen-bond donors (Lipinski definition) is 1. The van der Waals surface area contributed by atoms with Crippen LogP contribution in [0.2, 0.25) is 5.02 Å². The fourth-order valence-electron chi connectivity index (χ4n) is 1.59. The van der Waals surface area contributed by atoms with Gasteiger partial charge >= 0.3 is 0 Å². The Balaban J connectivity index is 2.68. The SMILES string of the molecule is Cc1nc(N)c(C)c(-c2ccc(Cl)cc2F)n1. The smallest absolute Gasteiger partial charge is 0.134 e. The van der Waals surface area contributed by atoms with Gasteiger partial charge in [0.25, 0.3) is 0 Å². The van der Waals surface area contributed by atoms with Gasteiger partial charge in [0.05, 0.1) is 5.69 Å². The topological polar surface area (TPSA) is 51.8 Å². The van der Waals surface area contributed by atoms with Crippen LogP contribution < -0.4 is 5.73 Å². The fraction of sp³-hybridized carbons (Fsp3) is 0.167. The van der Waals surface area contributed by atoms with Crippen LogP contribution in [0.1, 0.15) is 11.4 Å². The molecule has 0 aliphatic carbocycles. The summed E-state index contributed by atoms with van der Waals surface area (Å²) in [6.45, 7) is 3.48. The van der Waals surface area contributed by atoms with Gasteiger partial charge in [-0.1, -0.05) is 11.6 Å². The van der Waals surface area contributed by atoms with Crippen molar-refractivity contribution >= 4 is 17.4 Å². The molecule has 1 aromatic heterocycles. The van der Waals surface area contributed by atoms with Gasteiger partial charge in [-0.05, 0) is 32.0 Å². The predicted octanol–water partition coefficient (Wildman–Crippen LogP) is 3.14. The molecule has 0 saturated carbocycles. The molecule has 17 heavy (non-hydrogen) atoms. The molecule has 2 rings (SSSR count). The third-order valence-electron chi connectivity index (χ3n) is 2.48. The van der Waals surface area contributed by atoms with Gasteiger partial charge in [-0.25, -0.2) is 14.4 Å². The number of nitrogens with zero attached hydrogens (tertiary/aromatic N) is 2. The number of benzene rings is 1. The highest BCUT2D eigenvalue weighted by molar-refractivity contribution is 6.30. The summed E-state index contributed by atoms with van der Waals surface area (Å²) in [5, 5.41) is 0.350. The minimum absolute atomic E-state index is 0.350. The number of halogens is 2. The minimum atomic E-state index is -0.418. The molecule has 0 fully saturated rings. The van der Waals surface area contributed by atoms with E-state index >= 15 is 0 Å². The van der Waals surface area contributed by atoms with E-state index in [1.165, 1.54) is 6.07 Å². The minimum Gasteiger partial charge on any atom is -0.383 e. The Morgan fingerprint density at radius 1 is 1.24 bits per heavy atom. The second kappa shape index (κ2) is 4.30. The van der Waals surface area contributed by atoms with E-state index in [0.717, 1.165) is 0 Å². The van der Waals surface area contributed by atoms with Crippen molar-refractivity contribution in [3.05, 3.63) is 40.4 Å². The molecule has 1 aromatic carbocycles. The second-order valence-corrected chi connectivity index (χ2v) is 4.19. The molecule has 88 valence electrons. The van der Waals surface area contributed by atoms with Crippen LogP contribution in [0.4, 0.5) is 10.2 Å². The molecule has 0 radical (unpaired) electrons. The Morgan fingerprint density at radius 3 is 2.59 bits per heavy atom. The van der Waals surface area contributed by atoms with Crippen LogP contribution in [0.25, 0.3) is 11.3 Å². The molecule has 0 saturated heterocycles. The molecule has 5 heteroatoms. The van der Waals surface area contributed by atoms with Crippen molar-refractivity contribution in [1.29, 1.82) is 0 Å². The molecule has 0 aliphatic heterocycles. The summed E-state index contributed by atoms with van der Waals surface area (Å²) < 4.78 is 13.8. The van der Waals surface area contributed by atoms with Crippen LogP contribution in [0.3, 0.4) is 0 Å². The average Bonchev–Trinajstić information content (AvgIpc) is 2.24. The van der Waals surface area contributed by atoms with E-state index in [-0.39, 0.29) is 0 Å². The molecule has 0 amide bonds. The largest absolute Gasteiger partial charge is 0.383 e. The Kier molecular flexibility index (Phi) is 2.98. The maximum absolute atomic E-state index is 13.8. The summed E-state index contributed by atoms with van der Waals surface area (Å²) in [7, 11) is 0. The van der Waals surface area contributed by atoms with Gasteiger partial charge in [-0.3, -0.25) is 0 Å². The number of rotatable bonds is 1. The molecular weight excluding hydrogens is 241 g/mol. The predicted molar refractivity (Wildman–Crippen MR) is 66.3 cm³/mol. The Labute approximate surface area is 103 Å². The van der Waals surface area contributed by atoms with Gasteiger partial charge in [0.2, 0.25) is 0 Å². The number of anilines is 1. The standard InChI is InChI=1S/C12H11ClFN3/c1-6-11(16-7(2)17-12(6)15)9-4-3-8(13)5-10(9)14/h3-5H,1-2H3,(H2,15,16,17). The summed E-state index contributed by atoms with van der Waals surface area (Å²) >= 11 is 5.71. The van der Waals surface area contributed by atoms with Crippen LogP contribution in [0, 0.1) is 19.7 Å². The van der Waals surface area contributed by atoms with Gasteiger partial charge < -0.3 is 5.73 Å². The van der Waals surface area contributed by atoms with Gasteiger partial charge in [-0.2, -0.15) is 0 Å². The highest BCUT2D eigenvalue weighted by Crippen LogP contribution is 2.28. The van der Waals surface area contributed by atoms with E-state index in [1.54, 1.807) is 26.0 Å². The third kappa shape index (κ3) is 2.22. The molecule has 1 heterocycles. The number of aromatic nitrogens is 2. The molecule has 0 spiro atoms. The summed E-state index contributed by atoms with van der Waals surface area (Å²) in [4.78, 5) is 8.24. The third-order valence-corrected chi connectivity index (χ3v) is 2.72. The lowest BCUT2D eigenvalue weighted by Gasteiger charge is -2.09. The summed E-state index contributed by atoms with van der Waals surface area (Å²) in [5.41, 5.74) is 7.29. The average molecular weight is 252 g/mol. The van der Waals surface area contributed by atoms with E-state index in [4.69, 9.17) is 17.3 Å². The number of nitrogens with two attached hydrogens (primary N) is 1. The highest BCUT2D eigenvalue weighted by atomic mass is 35.5. The molecule has 2 aromatic rings. The van der Waals surface area contributed by atoms with Crippen LogP contribution >= 0.6 is 11.6 Å². The first-order chi connectivity index (χ1) is 7.99. The zero-order chi connectivity index (χ0) is 12.6. The van der Waals surface area contributed by atoms with Gasteiger partial charge in [0.1, 0.15) is 17.5 Å². The maximum atomic E-state index is 13.8. The Bertz CT molecular complexity index is 584. The van der Waals surface area contributed by atoms with E-state index in [9.17, 15) is 4.39 Å². The number of hydrogen-bond acceptors (Lipinski definition) is 3. The number of nitrogen functional groups attached to an aromatic ring is 1. The summed E-state index contributed by atoms with van der Waals surface area (Å²) in [6.07, 6.45) is 0. The summed E-state index contributed by atoms with van der Waals surface area (Å²) in [6, 6.07) is 4.46. The van der Waals surface area contributed by atoms with Crippen molar-refractivity contribution in [1.82, 2.24) is 9.97 Å². The zero-order valence-electron chi connectivity index (χ0n) is 9.46. The maximum Gasteiger partial charge on any atom is 0.134 e. The Hall–Kier alpha value is -1.68. The first-order valence-corrected chi connectivity index (χ1v) is 5.43. The van der Waals surface area contributed by atoms with Crippen molar-refractivity contribution < 1.29 is 4.39 Å². The lowest BCUT2D eigenvalue weighted by Crippen LogP contribution is -2.02. The van der Waals surface area contributed by atoms with Gasteiger partial charge in [0, 0.05) is 16.1 Å². The van der Waals surface area contributed by atoms with Gasteiger partial charge in [-0.15, -0.1) is 0 Å². The lowest BCUT2D eigenvalue weighted by atomic mass is 10.1. The fourth-order valence-corrected chi connectivity index (χ4v) is 1.75. The summed E-state index contributed by atoms with van der Waals surface area (Å²) in [5.74, 6) is 0.456. The molecule has 0 unspecified atom stereocenters. The lowest BCUT2D eigenvalue weighted by molar-refractivity contribution is 0.630. The van der Waals surface area contributed by atoms with Crippen molar-refractivity contribution in [3.63, 3.8) is 0 Å².